The quantitative estimate of drug-likeness (QED) is 0.672. The number of aromatic nitrogens is 3. The normalized spacial score (nSPS) is 10.6. The Hall–Kier alpha value is -2.02. The van der Waals surface area contributed by atoms with Crippen molar-refractivity contribution >= 4 is 33.3 Å². The molecule has 1 heterocycles. The van der Waals surface area contributed by atoms with Gasteiger partial charge in [-0.2, -0.15) is 0 Å². The Morgan fingerprint density at radius 2 is 1.62 bits per heavy atom. The Morgan fingerprint density at radius 1 is 0.958 bits per heavy atom. The van der Waals surface area contributed by atoms with Crippen molar-refractivity contribution in [1.29, 1.82) is 0 Å². The number of nitrogens with one attached hydrogen (secondary N) is 1. The second-order valence-corrected chi connectivity index (χ2v) is 6.41. The number of benzene rings is 2. The first kappa shape index (κ1) is 16.8. The second-order valence-electron chi connectivity index (χ2n) is 5.06. The van der Waals surface area contributed by atoms with E-state index < -0.39 is 0 Å². The van der Waals surface area contributed by atoms with Gasteiger partial charge in [0.25, 0.3) is 0 Å². The third-order valence-electron chi connectivity index (χ3n) is 3.34. The van der Waals surface area contributed by atoms with Crippen LogP contribution >= 0.6 is 27.5 Å². The topological polar surface area (TPSA) is 76.7 Å². The number of halogens is 2. The van der Waals surface area contributed by atoms with Crippen molar-refractivity contribution in [3.63, 3.8) is 0 Å². The average molecular weight is 405 g/mol. The molecule has 0 spiro atoms. The SMILES string of the molecule is NCCNc1nc(-c2ccc(Br)cc2)nnc1-c1ccc(Cl)cc1. The molecule has 0 saturated heterocycles. The van der Waals surface area contributed by atoms with Gasteiger partial charge in [-0.1, -0.05) is 51.8 Å². The molecule has 0 unspecified atom stereocenters. The van der Waals surface area contributed by atoms with E-state index >= 15 is 0 Å². The van der Waals surface area contributed by atoms with Crippen LogP contribution in [0.2, 0.25) is 5.02 Å². The van der Waals surface area contributed by atoms with Crippen LogP contribution in [0.25, 0.3) is 22.6 Å². The van der Waals surface area contributed by atoms with Crippen LogP contribution in [0.4, 0.5) is 5.82 Å². The molecule has 0 aliphatic carbocycles. The molecule has 1 aromatic heterocycles. The lowest BCUT2D eigenvalue weighted by molar-refractivity contribution is 0.959. The van der Waals surface area contributed by atoms with E-state index in [1.165, 1.54) is 0 Å². The van der Waals surface area contributed by atoms with E-state index in [9.17, 15) is 0 Å². The summed E-state index contributed by atoms with van der Waals surface area (Å²) in [6.07, 6.45) is 0. The molecule has 2 aromatic carbocycles. The third kappa shape index (κ3) is 3.90. The minimum Gasteiger partial charge on any atom is -0.367 e. The number of anilines is 1. The first-order valence-electron chi connectivity index (χ1n) is 7.38. The minimum absolute atomic E-state index is 0.498. The highest BCUT2D eigenvalue weighted by Crippen LogP contribution is 2.27. The van der Waals surface area contributed by atoms with E-state index in [0.29, 0.717) is 35.4 Å². The maximum atomic E-state index is 5.95. The Kier molecular flexibility index (Phi) is 5.40. The lowest BCUT2D eigenvalue weighted by Crippen LogP contribution is -2.15. The fourth-order valence-electron chi connectivity index (χ4n) is 2.16. The van der Waals surface area contributed by atoms with Crippen LogP contribution in [-0.4, -0.2) is 28.3 Å². The molecular formula is C17H15BrClN5. The number of nitrogens with zero attached hydrogens (tertiary/aromatic N) is 3. The van der Waals surface area contributed by atoms with E-state index in [-0.39, 0.29) is 0 Å². The maximum Gasteiger partial charge on any atom is 0.183 e. The maximum absolute atomic E-state index is 5.95. The monoisotopic (exact) mass is 403 g/mol. The van der Waals surface area contributed by atoms with Crippen LogP contribution in [-0.2, 0) is 0 Å². The highest BCUT2D eigenvalue weighted by atomic mass is 79.9. The molecule has 0 aliphatic heterocycles. The zero-order valence-corrected chi connectivity index (χ0v) is 15.0. The summed E-state index contributed by atoms with van der Waals surface area (Å²) in [7, 11) is 0. The fourth-order valence-corrected chi connectivity index (χ4v) is 2.55. The summed E-state index contributed by atoms with van der Waals surface area (Å²) in [5.41, 5.74) is 8.05. The molecule has 0 fully saturated rings. The van der Waals surface area contributed by atoms with Gasteiger partial charge in [-0.25, -0.2) is 4.98 Å². The molecule has 0 saturated carbocycles. The Bertz CT molecular complexity index is 821. The largest absolute Gasteiger partial charge is 0.367 e. The third-order valence-corrected chi connectivity index (χ3v) is 4.12. The number of hydrogen-bond donors (Lipinski definition) is 2. The van der Waals surface area contributed by atoms with Gasteiger partial charge in [-0.3, -0.25) is 0 Å². The van der Waals surface area contributed by atoms with Crippen molar-refractivity contribution < 1.29 is 0 Å². The Balaban J connectivity index is 2.02. The first-order chi connectivity index (χ1) is 11.7. The zero-order valence-electron chi connectivity index (χ0n) is 12.7. The average Bonchev–Trinajstić information content (AvgIpc) is 2.61. The van der Waals surface area contributed by atoms with Crippen molar-refractivity contribution in [1.82, 2.24) is 15.2 Å². The summed E-state index contributed by atoms with van der Waals surface area (Å²) >= 11 is 9.37. The molecule has 3 rings (SSSR count). The second kappa shape index (κ2) is 7.70. The summed E-state index contributed by atoms with van der Waals surface area (Å²) in [6, 6.07) is 15.2. The number of nitrogens with two attached hydrogens (primary N) is 1. The van der Waals surface area contributed by atoms with Crippen molar-refractivity contribution in [3.05, 3.63) is 58.0 Å². The van der Waals surface area contributed by atoms with E-state index in [4.69, 9.17) is 17.3 Å². The molecule has 0 bridgehead atoms. The van der Waals surface area contributed by atoms with Gasteiger partial charge in [0.1, 0.15) is 5.69 Å². The lowest BCUT2D eigenvalue weighted by Gasteiger charge is -2.11. The highest BCUT2D eigenvalue weighted by Gasteiger charge is 2.12. The summed E-state index contributed by atoms with van der Waals surface area (Å²) in [5.74, 6) is 1.20. The number of rotatable bonds is 5. The molecule has 5 nitrogen and oxygen atoms in total. The van der Waals surface area contributed by atoms with Crippen molar-refractivity contribution in [2.24, 2.45) is 5.73 Å². The van der Waals surface area contributed by atoms with Gasteiger partial charge in [0.2, 0.25) is 0 Å². The highest BCUT2D eigenvalue weighted by molar-refractivity contribution is 9.10. The van der Waals surface area contributed by atoms with Gasteiger partial charge >= 0.3 is 0 Å². The van der Waals surface area contributed by atoms with Gasteiger partial charge in [0.05, 0.1) is 0 Å². The molecule has 3 N–H and O–H groups in total. The van der Waals surface area contributed by atoms with Crippen LogP contribution < -0.4 is 11.1 Å². The molecule has 0 atom stereocenters. The molecule has 0 amide bonds. The summed E-state index contributed by atoms with van der Waals surface area (Å²) in [5, 5.41) is 12.5. The van der Waals surface area contributed by atoms with Crippen molar-refractivity contribution in [2.45, 2.75) is 0 Å². The fraction of sp³-hybridized carbons (Fsp3) is 0.118. The van der Waals surface area contributed by atoms with Gasteiger partial charge < -0.3 is 11.1 Å². The molecular weight excluding hydrogens is 390 g/mol. The Morgan fingerprint density at radius 3 is 2.29 bits per heavy atom. The molecule has 0 aliphatic rings. The smallest absolute Gasteiger partial charge is 0.183 e. The lowest BCUT2D eigenvalue weighted by atomic mass is 10.1. The number of hydrogen-bond acceptors (Lipinski definition) is 5. The van der Waals surface area contributed by atoms with Crippen LogP contribution in [0, 0.1) is 0 Å². The van der Waals surface area contributed by atoms with E-state index in [2.05, 4.69) is 36.4 Å². The predicted molar refractivity (Wildman–Crippen MR) is 101 cm³/mol. The van der Waals surface area contributed by atoms with Crippen LogP contribution in [0.1, 0.15) is 0 Å². The minimum atomic E-state index is 0.498. The Labute approximate surface area is 153 Å². The van der Waals surface area contributed by atoms with Gasteiger partial charge in [-0.05, 0) is 24.3 Å². The molecule has 24 heavy (non-hydrogen) atoms. The first-order valence-corrected chi connectivity index (χ1v) is 8.55. The summed E-state index contributed by atoms with van der Waals surface area (Å²) < 4.78 is 0.999. The predicted octanol–water partition coefficient (Wildman–Crippen LogP) is 3.99. The van der Waals surface area contributed by atoms with Crippen molar-refractivity contribution in [2.75, 3.05) is 18.4 Å². The molecule has 3 aromatic rings. The van der Waals surface area contributed by atoms with Crippen LogP contribution in [0.5, 0.6) is 0 Å². The molecule has 7 heteroatoms. The molecule has 122 valence electrons. The summed E-state index contributed by atoms with van der Waals surface area (Å²) in [6.45, 7) is 1.09. The van der Waals surface area contributed by atoms with Gasteiger partial charge in [-0.15, -0.1) is 10.2 Å². The van der Waals surface area contributed by atoms with E-state index in [1.807, 2.05) is 48.5 Å². The van der Waals surface area contributed by atoms with Crippen LogP contribution in [0.3, 0.4) is 0 Å². The standard InChI is InChI=1S/C17H15BrClN5/c18-13-5-1-12(2-6-13)16-22-17(21-10-9-20)15(23-24-16)11-3-7-14(19)8-4-11/h1-8H,9-10,20H2,(H,21,22,24). The molecule has 0 radical (unpaired) electrons. The van der Waals surface area contributed by atoms with Gasteiger partial charge in [0, 0.05) is 33.7 Å². The van der Waals surface area contributed by atoms with Gasteiger partial charge in [0.15, 0.2) is 11.6 Å². The van der Waals surface area contributed by atoms with E-state index in [1.54, 1.807) is 0 Å². The van der Waals surface area contributed by atoms with Crippen LogP contribution in [0.15, 0.2) is 53.0 Å². The van der Waals surface area contributed by atoms with E-state index in [0.717, 1.165) is 15.6 Å². The van der Waals surface area contributed by atoms with Crippen molar-refractivity contribution in [3.8, 4) is 22.6 Å². The summed E-state index contributed by atoms with van der Waals surface area (Å²) in [4.78, 5) is 4.62. The zero-order chi connectivity index (χ0) is 16.9.